The van der Waals surface area contributed by atoms with Gasteiger partial charge in [-0.3, -0.25) is 23.4 Å². The van der Waals surface area contributed by atoms with Crippen molar-refractivity contribution in [2.45, 2.75) is 63.4 Å². The number of anilines is 1. The van der Waals surface area contributed by atoms with E-state index in [1.807, 2.05) is 11.5 Å². The molecular weight excluding hydrogens is 632 g/mol. The van der Waals surface area contributed by atoms with Crippen LogP contribution in [0.5, 0.6) is 0 Å². The van der Waals surface area contributed by atoms with Gasteiger partial charge in [-0.2, -0.15) is 4.98 Å². The van der Waals surface area contributed by atoms with Crippen LogP contribution in [0.4, 0.5) is 5.95 Å². The standard InChI is InChI=1S/C21H27N9O8P2S2/c1-10-3-14(20(36-10)29-9-25-16-18(29)27-21(22)28-19(16)31)38-40(33,42)35-7-15-26-13-6-23-8-24-17(13)30(15)11-4-12(5-11)37-39(32,41)34-2/h6,8-12,14,20H,3-5,7H2,1-2H3,(H,32,41)(H,33,42)(H3,22,27,28,31)/t10-,11?,12?,14-,20?,39?,40?/m1/s1. The highest BCUT2D eigenvalue weighted by atomic mass is 32.7. The zero-order valence-corrected chi connectivity index (χ0v) is 25.7. The van der Waals surface area contributed by atoms with Crippen LogP contribution in [-0.4, -0.2) is 69.4 Å². The molecule has 4 aromatic rings. The number of rotatable bonds is 10. The van der Waals surface area contributed by atoms with E-state index in [0.717, 1.165) is 0 Å². The molecule has 4 aromatic heterocycles. The van der Waals surface area contributed by atoms with Gasteiger partial charge in [0.05, 0.1) is 24.7 Å². The number of hydrogen-bond acceptors (Lipinski definition) is 14. The molecule has 5 atom stereocenters. The number of aromatic amines is 1. The largest absolute Gasteiger partial charge is 0.386 e. The van der Waals surface area contributed by atoms with Gasteiger partial charge in [0.1, 0.15) is 30.4 Å². The third-order valence-corrected chi connectivity index (χ3v) is 10.3. The van der Waals surface area contributed by atoms with Gasteiger partial charge in [0.15, 0.2) is 23.0 Å². The zero-order valence-electron chi connectivity index (χ0n) is 22.2. The van der Waals surface area contributed by atoms with Crippen LogP contribution >= 0.6 is 25.8 Å². The Bertz CT molecular complexity index is 1790. The molecule has 0 spiro atoms. The molecule has 2 fully saturated rings. The molecule has 0 aromatic carbocycles. The van der Waals surface area contributed by atoms with Gasteiger partial charge in [-0.1, -0.05) is 12.2 Å². The Morgan fingerprint density at radius 2 is 2.05 bits per heavy atom. The average molecular weight is 660 g/mol. The Kier molecular flexibility index (Phi) is 8.02. The number of nitrogens with two attached hydrogens (primary N) is 1. The van der Waals surface area contributed by atoms with Crippen molar-refractivity contribution in [3.63, 3.8) is 0 Å². The van der Waals surface area contributed by atoms with E-state index in [1.54, 1.807) is 6.20 Å². The van der Waals surface area contributed by atoms with Crippen LogP contribution in [0.1, 0.15) is 44.3 Å². The van der Waals surface area contributed by atoms with Gasteiger partial charge < -0.3 is 29.0 Å². The first kappa shape index (κ1) is 29.7. The fraction of sp³-hybridized carbons (Fsp3) is 0.524. The number of nitrogens with one attached hydrogen (secondary N) is 1. The summed E-state index contributed by atoms with van der Waals surface area (Å²) in [4.78, 5) is 45.9. The molecule has 42 heavy (non-hydrogen) atoms. The van der Waals surface area contributed by atoms with Crippen molar-refractivity contribution in [3.05, 3.63) is 35.0 Å². The van der Waals surface area contributed by atoms with Gasteiger partial charge in [0, 0.05) is 19.6 Å². The Hall–Kier alpha value is -2.31. The van der Waals surface area contributed by atoms with Crippen LogP contribution < -0.4 is 11.3 Å². The van der Waals surface area contributed by atoms with E-state index in [-0.39, 0.29) is 42.0 Å². The third-order valence-electron chi connectivity index (χ3n) is 6.98. The van der Waals surface area contributed by atoms with Crippen LogP contribution in [0.2, 0.25) is 0 Å². The van der Waals surface area contributed by atoms with Crippen LogP contribution in [0, 0.1) is 0 Å². The van der Waals surface area contributed by atoms with Crippen molar-refractivity contribution in [1.82, 2.24) is 39.0 Å². The van der Waals surface area contributed by atoms with E-state index in [4.69, 9.17) is 40.4 Å². The minimum Gasteiger partial charge on any atom is -0.369 e. The van der Waals surface area contributed by atoms with E-state index >= 15 is 0 Å². The normalized spacial score (nSPS) is 27.2. The Balaban J connectivity index is 1.19. The number of nitrogen functional groups attached to an aromatic ring is 1. The molecule has 1 aliphatic carbocycles. The predicted molar refractivity (Wildman–Crippen MR) is 155 cm³/mol. The van der Waals surface area contributed by atoms with Crippen LogP contribution in [0.3, 0.4) is 0 Å². The maximum Gasteiger partial charge on any atom is 0.386 e. The molecule has 4 N–H and O–H groups in total. The van der Waals surface area contributed by atoms with Gasteiger partial charge in [-0.15, -0.1) is 0 Å². The van der Waals surface area contributed by atoms with Crippen molar-refractivity contribution >= 4 is 65.8 Å². The molecule has 6 rings (SSSR count). The highest BCUT2D eigenvalue weighted by molar-refractivity contribution is 8.44. The summed E-state index contributed by atoms with van der Waals surface area (Å²) in [6.07, 6.45) is 3.54. The molecule has 0 bridgehead atoms. The molecule has 0 radical (unpaired) electrons. The van der Waals surface area contributed by atoms with Gasteiger partial charge >= 0.3 is 13.5 Å². The molecular formula is C21H27N9O8P2S2. The highest BCUT2D eigenvalue weighted by Gasteiger charge is 2.41. The fourth-order valence-electron chi connectivity index (χ4n) is 5.08. The van der Waals surface area contributed by atoms with E-state index in [0.29, 0.717) is 36.3 Å². The average Bonchev–Trinajstić information content (AvgIpc) is 3.59. The molecule has 2 aliphatic rings. The van der Waals surface area contributed by atoms with Crippen molar-refractivity contribution in [1.29, 1.82) is 0 Å². The molecule has 17 nitrogen and oxygen atoms in total. The minimum absolute atomic E-state index is 0.0727. The maximum absolute atomic E-state index is 13.5. The van der Waals surface area contributed by atoms with Gasteiger partial charge in [-0.25, -0.2) is 24.5 Å². The molecule has 1 saturated carbocycles. The first-order chi connectivity index (χ1) is 19.9. The second kappa shape index (κ2) is 11.3. The molecule has 0 amide bonds. The second-order valence-corrected chi connectivity index (χ2v) is 15.6. The van der Waals surface area contributed by atoms with Crippen LogP contribution in [0.15, 0.2) is 23.6 Å². The SMILES string of the molecule is COP(O)(=S)OC1CC(n2c(COP(=O)(S)O[C@@H]3C[C@@H](C)OC3n3cnc4c(=O)[nH]c(N)nc43)nc3cncnc32)C1. The number of hydrogen-bond donors (Lipinski definition) is 4. The summed E-state index contributed by atoms with van der Waals surface area (Å²) in [6, 6.07) is -0.105. The van der Waals surface area contributed by atoms with Crippen molar-refractivity contribution in [2.24, 2.45) is 0 Å². The quantitative estimate of drug-likeness (QED) is 0.142. The summed E-state index contributed by atoms with van der Waals surface area (Å²) in [6.45, 7) is -5.68. The molecule has 3 unspecified atom stereocenters. The number of imidazole rings is 2. The van der Waals surface area contributed by atoms with E-state index in [2.05, 4.69) is 42.2 Å². The van der Waals surface area contributed by atoms with Crippen LogP contribution in [0.25, 0.3) is 22.3 Å². The highest BCUT2D eigenvalue weighted by Crippen LogP contribution is 2.57. The van der Waals surface area contributed by atoms with Crippen molar-refractivity contribution in [2.75, 3.05) is 12.8 Å². The summed E-state index contributed by atoms with van der Waals surface area (Å²) in [5, 5.41) is 0. The van der Waals surface area contributed by atoms with E-state index < -0.39 is 31.4 Å². The lowest BCUT2D eigenvalue weighted by Gasteiger charge is -2.37. The van der Waals surface area contributed by atoms with Gasteiger partial charge in [0.2, 0.25) is 5.95 Å². The lowest BCUT2D eigenvalue weighted by Crippen LogP contribution is -2.33. The Labute approximate surface area is 248 Å². The van der Waals surface area contributed by atoms with E-state index in [9.17, 15) is 14.3 Å². The summed E-state index contributed by atoms with van der Waals surface area (Å²) in [5.41, 5.74) is 6.57. The summed E-state index contributed by atoms with van der Waals surface area (Å²) >= 11 is 9.18. The summed E-state index contributed by atoms with van der Waals surface area (Å²) in [7, 11) is 1.30. The lowest BCUT2D eigenvalue weighted by molar-refractivity contribution is -0.0252. The first-order valence-corrected chi connectivity index (χ1v) is 18.0. The number of aromatic nitrogens is 8. The summed E-state index contributed by atoms with van der Waals surface area (Å²) < 4.78 is 44.8. The van der Waals surface area contributed by atoms with Crippen molar-refractivity contribution < 1.29 is 32.3 Å². The minimum atomic E-state index is -3.99. The third kappa shape index (κ3) is 5.91. The number of fused-ring (bicyclic) bond motifs is 2. The summed E-state index contributed by atoms with van der Waals surface area (Å²) in [5.74, 6) is 0.340. The number of nitrogens with zero attached hydrogens (tertiary/aromatic N) is 7. The first-order valence-electron chi connectivity index (χ1n) is 12.7. The molecule has 21 heteroatoms. The topological polar surface area (TPSA) is 217 Å². The van der Waals surface area contributed by atoms with Crippen LogP contribution in [-0.2, 0) is 45.8 Å². The monoisotopic (exact) mass is 659 g/mol. The Morgan fingerprint density at radius 1 is 1.26 bits per heavy atom. The molecule has 1 saturated heterocycles. The molecule has 5 heterocycles. The molecule has 226 valence electrons. The fourth-order valence-corrected chi connectivity index (χ4v) is 7.49. The Morgan fingerprint density at radius 3 is 2.81 bits per heavy atom. The smallest absolute Gasteiger partial charge is 0.369 e. The van der Waals surface area contributed by atoms with Crippen molar-refractivity contribution in [3.8, 4) is 0 Å². The second-order valence-electron chi connectivity index (χ2n) is 9.87. The van der Waals surface area contributed by atoms with E-state index in [1.165, 1.54) is 24.3 Å². The number of ether oxygens (including phenoxy) is 1. The number of thiol groups is 1. The molecule has 1 aliphatic heterocycles. The number of H-pyrrole nitrogens is 1. The lowest BCUT2D eigenvalue weighted by atomic mass is 9.89. The predicted octanol–water partition coefficient (Wildman–Crippen LogP) is 2.37. The van der Waals surface area contributed by atoms with Gasteiger partial charge in [-0.05, 0) is 31.6 Å². The van der Waals surface area contributed by atoms with Gasteiger partial charge in [0.25, 0.3) is 5.56 Å². The maximum atomic E-state index is 13.5. The zero-order chi connectivity index (χ0) is 29.8.